The number of rotatable bonds is 4. The molecule has 0 aliphatic carbocycles. The second-order valence-corrected chi connectivity index (χ2v) is 8.55. The Morgan fingerprint density at radius 1 is 1.27 bits per heavy atom. The molecule has 10 nitrogen and oxygen atoms in total. The molecule has 4 rings (SSSR count). The van der Waals surface area contributed by atoms with Crippen LogP contribution in [0.2, 0.25) is 0 Å². The normalized spacial score (nSPS) is 13.7. The lowest BCUT2D eigenvalue weighted by Gasteiger charge is -2.27. The van der Waals surface area contributed by atoms with Crippen LogP contribution < -0.4 is 24.8 Å². The van der Waals surface area contributed by atoms with E-state index in [1.165, 1.54) is 12.0 Å². The lowest BCUT2D eigenvalue weighted by molar-refractivity contribution is -0.120. The smallest absolute Gasteiger partial charge is 0.264 e. The second-order valence-electron chi connectivity index (χ2n) is 6.80. The molecule has 1 amide bonds. The van der Waals surface area contributed by atoms with E-state index >= 15 is 0 Å². The van der Waals surface area contributed by atoms with Crippen LogP contribution in [-0.2, 0) is 14.8 Å². The number of likely N-dealkylation sites (N-methyl/N-ethyl adjacent to an activating group) is 1. The van der Waals surface area contributed by atoms with Gasteiger partial charge in [-0.15, -0.1) is 0 Å². The summed E-state index contributed by atoms with van der Waals surface area (Å²) < 4.78 is 36.6. The highest BCUT2D eigenvalue weighted by molar-refractivity contribution is 7.92. The molecular weight excluding hydrogens is 410 g/mol. The number of methoxy groups -OCH3 is 1. The molecule has 0 atom stereocenters. The minimum Gasteiger partial charge on any atom is -0.481 e. The fourth-order valence-electron chi connectivity index (χ4n) is 3.29. The number of nitrogens with two attached hydrogens (primary N) is 1. The number of hydrogen-bond donors (Lipinski definition) is 2. The molecule has 1 aromatic carbocycles. The number of carbonyl (C=O) groups is 1. The molecule has 3 N–H and O–H groups in total. The van der Waals surface area contributed by atoms with Crippen molar-refractivity contribution in [3.05, 3.63) is 30.5 Å². The van der Waals surface area contributed by atoms with Crippen LogP contribution in [-0.4, -0.2) is 51.3 Å². The zero-order valence-corrected chi connectivity index (χ0v) is 17.3. The summed E-state index contributed by atoms with van der Waals surface area (Å²) in [7, 11) is -0.498. The van der Waals surface area contributed by atoms with Crippen molar-refractivity contribution in [2.24, 2.45) is 0 Å². The maximum absolute atomic E-state index is 12.0. The molecule has 30 heavy (non-hydrogen) atoms. The first-order chi connectivity index (χ1) is 14.2. The van der Waals surface area contributed by atoms with Crippen molar-refractivity contribution in [2.45, 2.75) is 0 Å². The molecule has 1 aliphatic rings. The third kappa shape index (κ3) is 3.43. The van der Waals surface area contributed by atoms with Crippen molar-refractivity contribution in [2.75, 3.05) is 42.4 Å². The van der Waals surface area contributed by atoms with Gasteiger partial charge in [-0.25, -0.2) is 18.4 Å². The van der Waals surface area contributed by atoms with Gasteiger partial charge in [-0.3, -0.25) is 9.52 Å². The number of amides is 1. The van der Waals surface area contributed by atoms with E-state index in [9.17, 15) is 13.2 Å². The van der Waals surface area contributed by atoms with E-state index < -0.39 is 10.0 Å². The number of sulfonamides is 1. The standard InChI is InChI=1S/C19H19N5O5S/c1-24-15(25)9-29-17-12-6-10(4-5-13(12)22-18(20)16(17)24)11-7-14(23-30(3,26)27)19(28-2)21-8-11/h4-8,23H,9H2,1-3H3,(H2,20,22). The summed E-state index contributed by atoms with van der Waals surface area (Å²) in [5, 5.41) is 0.671. The summed E-state index contributed by atoms with van der Waals surface area (Å²) in [5.74, 6) is 0.603. The molecule has 2 aromatic heterocycles. The first-order valence-electron chi connectivity index (χ1n) is 8.82. The first kappa shape index (κ1) is 19.7. The van der Waals surface area contributed by atoms with E-state index in [0.717, 1.165) is 11.8 Å². The number of aromatic nitrogens is 2. The van der Waals surface area contributed by atoms with Crippen molar-refractivity contribution in [1.82, 2.24) is 9.97 Å². The molecule has 0 spiro atoms. The summed E-state index contributed by atoms with van der Waals surface area (Å²) in [6, 6.07) is 7.04. The maximum Gasteiger partial charge on any atom is 0.264 e. The second kappa shape index (κ2) is 7.02. The highest BCUT2D eigenvalue weighted by Crippen LogP contribution is 2.42. The summed E-state index contributed by atoms with van der Waals surface area (Å²) >= 11 is 0. The Labute approximate surface area is 172 Å². The topological polar surface area (TPSA) is 137 Å². The van der Waals surface area contributed by atoms with Crippen molar-refractivity contribution in [1.29, 1.82) is 0 Å². The summed E-state index contributed by atoms with van der Waals surface area (Å²) in [6.07, 6.45) is 2.62. The Hall–Kier alpha value is -3.60. The zero-order chi connectivity index (χ0) is 21.6. The van der Waals surface area contributed by atoms with Crippen molar-refractivity contribution in [3.8, 4) is 22.8 Å². The highest BCUT2D eigenvalue weighted by Gasteiger charge is 2.28. The molecule has 11 heteroatoms. The minimum atomic E-state index is -3.52. The number of benzene rings is 1. The number of nitrogens with zero attached hydrogens (tertiary/aromatic N) is 3. The molecule has 0 bridgehead atoms. The molecular formula is C19H19N5O5S. The van der Waals surface area contributed by atoms with Gasteiger partial charge in [0, 0.05) is 24.2 Å². The minimum absolute atomic E-state index is 0.0984. The van der Waals surface area contributed by atoms with Gasteiger partial charge in [0.1, 0.15) is 11.4 Å². The predicted octanol–water partition coefficient (Wildman–Crippen LogP) is 1.61. The number of nitrogen functional groups attached to an aromatic ring is 1. The lowest BCUT2D eigenvalue weighted by Crippen LogP contribution is -2.36. The molecule has 156 valence electrons. The highest BCUT2D eigenvalue weighted by atomic mass is 32.2. The quantitative estimate of drug-likeness (QED) is 0.638. The third-order valence-electron chi connectivity index (χ3n) is 4.66. The lowest BCUT2D eigenvalue weighted by atomic mass is 10.0. The average Bonchev–Trinajstić information content (AvgIpc) is 2.69. The Morgan fingerprint density at radius 3 is 2.73 bits per heavy atom. The van der Waals surface area contributed by atoms with Gasteiger partial charge in [-0.2, -0.15) is 0 Å². The van der Waals surface area contributed by atoms with Gasteiger partial charge in [0.25, 0.3) is 5.91 Å². The first-order valence-corrected chi connectivity index (χ1v) is 10.7. The largest absolute Gasteiger partial charge is 0.481 e. The van der Waals surface area contributed by atoms with Gasteiger partial charge < -0.3 is 20.1 Å². The van der Waals surface area contributed by atoms with Gasteiger partial charge in [0.2, 0.25) is 15.9 Å². The van der Waals surface area contributed by atoms with Crippen LogP contribution in [0.15, 0.2) is 30.5 Å². The number of ether oxygens (including phenoxy) is 2. The Kier molecular flexibility index (Phi) is 4.61. The van der Waals surface area contributed by atoms with Crippen molar-refractivity contribution in [3.63, 3.8) is 0 Å². The van der Waals surface area contributed by atoms with Gasteiger partial charge in [-0.1, -0.05) is 6.07 Å². The van der Waals surface area contributed by atoms with E-state index in [1.54, 1.807) is 25.4 Å². The van der Waals surface area contributed by atoms with E-state index in [1.807, 2.05) is 12.1 Å². The van der Waals surface area contributed by atoms with Crippen LogP contribution in [0.25, 0.3) is 22.0 Å². The monoisotopic (exact) mass is 429 g/mol. The molecule has 3 aromatic rings. The number of hydrogen-bond acceptors (Lipinski definition) is 8. The zero-order valence-electron chi connectivity index (χ0n) is 16.5. The van der Waals surface area contributed by atoms with Crippen LogP contribution in [0.5, 0.6) is 11.6 Å². The summed E-state index contributed by atoms with van der Waals surface area (Å²) in [5.41, 5.74) is 8.68. The molecule has 0 radical (unpaired) electrons. The molecule has 0 unspecified atom stereocenters. The van der Waals surface area contributed by atoms with E-state index in [4.69, 9.17) is 15.2 Å². The predicted molar refractivity (Wildman–Crippen MR) is 113 cm³/mol. The average molecular weight is 429 g/mol. The molecule has 3 heterocycles. The number of carbonyl (C=O) groups excluding carboxylic acids is 1. The number of nitrogens with one attached hydrogen (secondary N) is 1. The number of fused-ring (bicyclic) bond motifs is 3. The Morgan fingerprint density at radius 2 is 2.03 bits per heavy atom. The Balaban J connectivity index is 1.88. The maximum atomic E-state index is 12.0. The van der Waals surface area contributed by atoms with Gasteiger partial charge in [0.05, 0.1) is 18.9 Å². The van der Waals surface area contributed by atoms with Gasteiger partial charge in [0.15, 0.2) is 18.2 Å². The fraction of sp³-hybridized carbons (Fsp3) is 0.211. The van der Waals surface area contributed by atoms with E-state index in [0.29, 0.717) is 27.9 Å². The molecule has 0 saturated heterocycles. The molecule has 0 saturated carbocycles. The van der Waals surface area contributed by atoms with Crippen molar-refractivity contribution >= 4 is 44.0 Å². The third-order valence-corrected chi connectivity index (χ3v) is 5.25. The van der Waals surface area contributed by atoms with Crippen LogP contribution in [0, 0.1) is 0 Å². The van der Waals surface area contributed by atoms with Gasteiger partial charge in [-0.05, 0) is 23.8 Å². The summed E-state index contributed by atoms with van der Waals surface area (Å²) in [6.45, 7) is -0.0984. The molecule has 0 fully saturated rings. The Bertz CT molecular complexity index is 1290. The fourth-order valence-corrected chi connectivity index (χ4v) is 3.84. The SMILES string of the molecule is COc1ncc(-c2ccc3nc(N)c4c(c3c2)OCC(=O)N4C)cc1NS(C)(=O)=O. The van der Waals surface area contributed by atoms with Crippen LogP contribution >= 0.6 is 0 Å². The van der Waals surface area contributed by atoms with Crippen LogP contribution in [0.4, 0.5) is 17.2 Å². The van der Waals surface area contributed by atoms with E-state index in [-0.39, 0.29) is 29.9 Å². The number of anilines is 3. The van der Waals surface area contributed by atoms with Gasteiger partial charge >= 0.3 is 0 Å². The molecule has 1 aliphatic heterocycles. The number of pyridine rings is 2. The summed E-state index contributed by atoms with van der Waals surface area (Å²) in [4.78, 5) is 22.0. The van der Waals surface area contributed by atoms with Crippen LogP contribution in [0.1, 0.15) is 0 Å². The van der Waals surface area contributed by atoms with Crippen molar-refractivity contribution < 1.29 is 22.7 Å². The van der Waals surface area contributed by atoms with Crippen LogP contribution in [0.3, 0.4) is 0 Å². The van der Waals surface area contributed by atoms with E-state index in [2.05, 4.69) is 14.7 Å².